The Hall–Kier alpha value is -1.21. The molecule has 1 aliphatic rings. The van der Waals surface area contributed by atoms with E-state index in [0.717, 1.165) is 31.0 Å². The molecule has 0 aliphatic carbocycles. The van der Waals surface area contributed by atoms with E-state index in [0.29, 0.717) is 24.3 Å². The second-order valence-electron chi connectivity index (χ2n) is 3.63. The molecule has 1 atom stereocenters. The third-order valence-electron chi connectivity index (χ3n) is 2.32. The lowest BCUT2D eigenvalue weighted by atomic mass is 10.1. The highest BCUT2D eigenvalue weighted by molar-refractivity contribution is 7.14. The molecule has 0 radical (unpaired) electrons. The molecule has 0 bridgehead atoms. The number of nitrogens with zero attached hydrogens (tertiary/aromatic N) is 2. The van der Waals surface area contributed by atoms with E-state index in [4.69, 9.17) is 14.2 Å². The number of ether oxygens (including phenoxy) is 3. The Balaban J connectivity index is 1.83. The smallest absolute Gasteiger partial charge is 0.369 e. The summed E-state index contributed by atoms with van der Waals surface area (Å²) in [5.74, 6) is -0.0472. The summed E-state index contributed by atoms with van der Waals surface area (Å²) in [7, 11) is 0. The first-order valence-electron chi connectivity index (χ1n) is 5.50. The lowest BCUT2D eigenvalue weighted by Crippen LogP contribution is -2.11. The van der Waals surface area contributed by atoms with Crippen LogP contribution in [0.15, 0.2) is 0 Å². The number of carbonyl (C=O) groups is 1. The van der Waals surface area contributed by atoms with Gasteiger partial charge in [-0.2, -0.15) is 0 Å². The summed E-state index contributed by atoms with van der Waals surface area (Å²) in [5.41, 5.74) is 0. The van der Waals surface area contributed by atoms with Gasteiger partial charge in [-0.3, -0.25) is 0 Å². The van der Waals surface area contributed by atoms with E-state index in [2.05, 4.69) is 10.2 Å². The second-order valence-corrected chi connectivity index (χ2v) is 4.57. The van der Waals surface area contributed by atoms with Gasteiger partial charge in [-0.25, -0.2) is 4.79 Å². The summed E-state index contributed by atoms with van der Waals surface area (Å²) in [6.07, 6.45) is 1.00. The van der Waals surface area contributed by atoms with E-state index < -0.39 is 5.97 Å². The van der Waals surface area contributed by atoms with Crippen molar-refractivity contribution in [2.75, 3.05) is 26.4 Å². The van der Waals surface area contributed by atoms with Gasteiger partial charge < -0.3 is 14.2 Å². The Morgan fingerprint density at radius 1 is 1.59 bits per heavy atom. The molecule has 1 unspecified atom stereocenters. The maximum Gasteiger partial charge on any atom is 0.369 e. The summed E-state index contributed by atoms with van der Waals surface area (Å²) in [5, 5.41) is 8.13. The fraction of sp³-hybridized carbons (Fsp3) is 0.700. The van der Waals surface area contributed by atoms with Crippen molar-refractivity contribution in [1.29, 1.82) is 0 Å². The van der Waals surface area contributed by atoms with Gasteiger partial charge >= 0.3 is 5.97 Å². The highest BCUT2D eigenvalue weighted by Crippen LogP contribution is 2.20. The Morgan fingerprint density at radius 2 is 2.47 bits per heavy atom. The van der Waals surface area contributed by atoms with Crippen LogP contribution in [0.4, 0.5) is 0 Å². The van der Waals surface area contributed by atoms with Gasteiger partial charge in [-0.05, 0) is 24.7 Å². The fourth-order valence-corrected chi connectivity index (χ4v) is 2.05. The van der Waals surface area contributed by atoms with Crippen LogP contribution in [0.1, 0.15) is 23.1 Å². The van der Waals surface area contributed by atoms with Crippen LogP contribution in [0.2, 0.25) is 0 Å². The second kappa shape index (κ2) is 5.92. The quantitative estimate of drug-likeness (QED) is 0.737. The molecule has 1 fully saturated rings. The van der Waals surface area contributed by atoms with Crippen molar-refractivity contribution in [3.63, 3.8) is 0 Å². The molecule has 2 rings (SSSR count). The van der Waals surface area contributed by atoms with E-state index in [9.17, 15) is 4.79 Å². The zero-order valence-corrected chi connectivity index (χ0v) is 10.4. The van der Waals surface area contributed by atoms with Crippen LogP contribution in [0.25, 0.3) is 0 Å². The SMILES string of the molecule is CCOC(=O)c1nnc(OCC2CCOC2)s1. The fourth-order valence-electron chi connectivity index (χ4n) is 1.45. The van der Waals surface area contributed by atoms with Gasteiger partial charge in [-0.1, -0.05) is 5.10 Å². The van der Waals surface area contributed by atoms with Crippen LogP contribution in [-0.2, 0) is 9.47 Å². The van der Waals surface area contributed by atoms with Crippen LogP contribution in [0.5, 0.6) is 5.19 Å². The molecule has 0 saturated carbocycles. The van der Waals surface area contributed by atoms with Crippen molar-refractivity contribution in [3.05, 3.63) is 5.01 Å². The zero-order chi connectivity index (χ0) is 12.1. The number of rotatable bonds is 5. The summed E-state index contributed by atoms with van der Waals surface area (Å²) in [6, 6.07) is 0. The summed E-state index contributed by atoms with van der Waals surface area (Å²) < 4.78 is 15.5. The van der Waals surface area contributed by atoms with Gasteiger partial charge in [-0.15, -0.1) is 5.10 Å². The van der Waals surface area contributed by atoms with E-state index in [1.54, 1.807) is 6.92 Å². The minimum atomic E-state index is -0.455. The summed E-state index contributed by atoms with van der Waals surface area (Å²) in [4.78, 5) is 11.3. The molecule has 94 valence electrons. The maximum absolute atomic E-state index is 11.3. The predicted octanol–water partition coefficient (Wildman–Crippen LogP) is 1.13. The highest BCUT2D eigenvalue weighted by atomic mass is 32.1. The minimum Gasteiger partial charge on any atom is -0.469 e. The normalized spacial score (nSPS) is 19.2. The Labute approximate surface area is 103 Å². The van der Waals surface area contributed by atoms with E-state index >= 15 is 0 Å². The number of hydrogen-bond acceptors (Lipinski definition) is 7. The third kappa shape index (κ3) is 3.37. The van der Waals surface area contributed by atoms with Crippen molar-refractivity contribution in [2.24, 2.45) is 5.92 Å². The molecule has 1 saturated heterocycles. The molecule has 0 spiro atoms. The molecule has 1 aromatic heterocycles. The largest absolute Gasteiger partial charge is 0.469 e. The minimum absolute atomic E-state index is 0.226. The molecule has 7 heteroatoms. The average molecular weight is 258 g/mol. The first-order valence-corrected chi connectivity index (χ1v) is 6.32. The number of esters is 1. The van der Waals surface area contributed by atoms with Gasteiger partial charge in [0.1, 0.15) is 0 Å². The van der Waals surface area contributed by atoms with Crippen molar-refractivity contribution in [1.82, 2.24) is 10.2 Å². The van der Waals surface area contributed by atoms with Gasteiger partial charge in [0.2, 0.25) is 5.01 Å². The average Bonchev–Trinajstić information content (AvgIpc) is 2.98. The van der Waals surface area contributed by atoms with Crippen molar-refractivity contribution >= 4 is 17.3 Å². The van der Waals surface area contributed by atoms with Crippen LogP contribution >= 0.6 is 11.3 Å². The molecular weight excluding hydrogens is 244 g/mol. The van der Waals surface area contributed by atoms with Gasteiger partial charge in [0.25, 0.3) is 5.19 Å². The zero-order valence-electron chi connectivity index (χ0n) is 9.55. The van der Waals surface area contributed by atoms with Gasteiger partial charge in [0.15, 0.2) is 0 Å². The molecule has 17 heavy (non-hydrogen) atoms. The molecule has 0 N–H and O–H groups in total. The van der Waals surface area contributed by atoms with E-state index in [-0.39, 0.29) is 5.01 Å². The lowest BCUT2D eigenvalue weighted by molar-refractivity contribution is 0.0525. The first-order chi connectivity index (χ1) is 8.29. The molecular formula is C10H14N2O4S. The van der Waals surface area contributed by atoms with E-state index in [1.807, 2.05) is 0 Å². The molecule has 0 amide bonds. The predicted molar refractivity (Wildman–Crippen MR) is 60.3 cm³/mol. The Morgan fingerprint density at radius 3 is 3.18 bits per heavy atom. The first kappa shape index (κ1) is 12.3. The number of aromatic nitrogens is 2. The van der Waals surface area contributed by atoms with Crippen molar-refractivity contribution in [3.8, 4) is 5.19 Å². The molecule has 6 nitrogen and oxygen atoms in total. The third-order valence-corrected chi connectivity index (χ3v) is 3.14. The van der Waals surface area contributed by atoms with Crippen molar-refractivity contribution < 1.29 is 19.0 Å². The van der Waals surface area contributed by atoms with Crippen LogP contribution in [-0.4, -0.2) is 42.6 Å². The van der Waals surface area contributed by atoms with Crippen LogP contribution in [0, 0.1) is 5.92 Å². The van der Waals surface area contributed by atoms with Gasteiger partial charge in [0.05, 0.1) is 19.8 Å². The molecule has 2 heterocycles. The Kier molecular flexibility index (Phi) is 4.27. The number of hydrogen-bond donors (Lipinski definition) is 0. The Bertz CT molecular complexity index is 376. The standard InChI is InChI=1S/C10H14N2O4S/c1-2-15-9(13)8-11-12-10(17-8)16-6-7-3-4-14-5-7/h7H,2-6H2,1H3. The number of carbonyl (C=O) groups excluding carboxylic acids is 1. The van der Waals surface area contributed by atoms with Crippen LogP contribution < -0.4 is 4.74 Å². The van der Waals surface area contributed by atoms with E-state index in [1.165, 1.54) is 0 Å². The maximum atomic E-state index is 11.3. The molecule has 0 aromatic carbocycles. The molecule has 1 aliphatic heterocycles. The topological polar surface area (TPSA) is 70.5 Å². The summed E-state index contributed by atoms with van der Waals surface area (Å²) >= 11 is 1.10. The van der Waals surface area contributed by atoms with Crippen molar-refractivity contribution in [2.45, 2.75) is 13.3 Å². The molecule has 1 aromatic rings. The van der Waals surface area contributed by atoms with Gasteiger partial charge in [0, 0.05) is 12.5 Å². The highest BCUT2D eigenvalue weighted by Gasteiger charge is 2.18. The summed E-state index contributed by atoms with van der Waals surface area (Å²) in [6.45, 7) is 4.14. The van der Waals surface area contributed by atoms with Crippen LogP contribution in [0.3, 0.4) is 0 Å². The monoisotopic (exact) mass is 258 g/mol. The lowest BCUT2D eigenvalue weighted by Gasteiger charge is -2.06.